The van der Waals surface area contributed by atoms with Crippen LogP contribution in [0.15, 0.2) is 12.5 Å². The monoisotopic (exact) mass is 314 g/mol. The normalized spacial score (nSPS) is 23.3. The van der Waals surface area contributed by atoms with Crippen LogP contribution in [-0.4, -0.2) is 58.7 Å². The van der Waals surface area contributed by atoms with Crippen molar-refractivity contribution in [1.29, 1.82) is 0 Å². The summed E-state index contributed by atoms with van der Waals surface area (Å²) >= 11 is 0. The van der Waals surface area contributed by atoms with Gasteiger partial charge in [-0.1, -0.05) is 0 Å². The molecule has 0 spiro atoms. The summed E-state index contributed by atoms with van der Waals surface area (Å²) in [6.07, 6.45) is 3.97. The number of rotatable bonds is 3. The molecule has 3 rings (SSSR count). The van der Waals surface area contributed by atoms with E-state index in [0.717, 1.165) is 12.1 Å². The maximum Gasteiger partial charge on any atom is 0.270 e. The molecule has 1 aromatic heterocycles. The third-order valence-corrected chi connectivity index (χ3v) is 5.63. The van der Waals surface area contributed by atoms with E-state index in [1.54, 1.807) is 24.0 Å². The molecule has 1 amide bonds. The lowest BCUT2D eigenvalue weighted by Gasteiger charge is -2.34. The van der Waals surface area contributed by atoms with Gasteiger partial charge in [-0.15, -0.1) is 0 Å². The Hall–Kier alpha value is -1.45. The molecule has 21 heavy (non-hydrogen) atoms. The van der Waals surface area contributed by atoms with Crippen LogP contribution in [-0.2, 0) is 26.2 Å². The van der Waals surface area contributed by atoms with Crippen LogP contribution in [0.2, 0.25) is 0 Å². The first-order valence-corrected chi connectivity index (χ1v) is 8.56. The van der Waals surface area contributed by atoms with Crippen LogP contribution in [0.3, 0.4) is 0 Å². The van der Waals surface area contributed by atoms with Crippen molar-refractivity contribution in [3.63, 3.8) is 0 Å². The van der Waals surface area contributed by atoms with E-state index in [4.69, 9.17) is 4.84 Å². The summed E-state index contributed by atoms with van der Waals surface area (Å²) in [5.41, 5.74) is 0.718. The number of fused-ring (bicyclic) bond motifs is 1. The van der Waals surface area contributed by atoms with E-state index in [0.29, 0.717) is 13.2 Å². The highest BCUT2D eigenvalue weighted by molar-refractivity contribution is 7.89. The average molecular weight is 314 g/mol. The molecule has 1 fully saturated rings. The predicted molar refractivity (Wildman–Crippen MR) is 73.4 cm³/mol. The van der Waals surface area contributed by atoms with Gasteiger partial charge in [-0.2, -0.15) is 4.31 Å². The van der Waals surface area contributed by atoms with E-state index in [9.17, 15) is 13.2 Å². The van der Waals surface area contributed by atoms with Gasteiger partial charge in [0, 0.05) is 12.7 Å². The van der Waals surface area contributed by atoms with Gasteiger partial charge in [0.25, 0.3) is 5.91 Å². The van der Waals surface area contributed by atoms with Gasteiger partial charge in [0.1, 0.15) is 6.04 Å². The van der Waals surface area contributed by atoms with Gasteiger partial charge < -0.3 is 4.57 Å². The van der Waals surface area contributed by atoms with Crippen LogP contribution in [0.4, 0.5) is 0 Å². The van der Waals surface area contributed by atoms with Crippen molar-refractivity contribution >= 4 is 15.9 Å². The van der Waals surface area contributed by atoms with Gasteiger partial charge in [0.05, 0.1) is 37.5 Å². The Morgan fingerprint density at radius 3 is 3.00 bits per heavy atom. The number of nitrogens with zero attached hydrogens (tertiary/aromatic N) is 4. The van der Waals surface area contributed by atoms with E-state index in [1.807, 2.05) is 0 Å². The first kappa shape index (κ1) is 14.5. The van der Waals surface area contributed by atoms with Crippen molar-refractivity contribution in [2.45, 2.75) is 25.9 Å². The topological polar surface area (TPSA) is 84.7 Å². The SMILES string of the molecule is CCS(=O)(=O)N1Cc2cncn2C(C(=O)N2CCCO2)C1. The lowest BCUT2D eigenvalue weighted by atomic mass is 10.2. The second-order valence-corrected chi connectivity index (χ2v) is 7.39. The minimum atomic E-state index is -3.35. The Labute approximate surface area is 123 Å². The zero-order valence-electron chi connectivity index (χ0n) is 11.8. The molecule has 2 aliphatic heterocycles. The summed E-state index contributed by atoms with van der Waals surface area (Å²) in [5, 5.41) is 1.33. The number of hydrogen-bond donors (Lipinski definition) is 0. The van der Waals surface area contributed by atoms with Crippen LogP contribution < -0.4 is 0 Å². The molecule has 1 unspecified atom stereocenters. The molecule has 1 atom stereocenters. The molecular weight excluding hydrogens is 296 g/mol. The van der Waals surface area contributed by atoms with Crippen LogP contribution in [0.25, 0.3) is 0 Å². The van der Waals surface area contributed by atoms with E-state index in [2.05, 4.69) is 4.98 Å². The Morgan fingerprint density at radius 2 is 2.33 bits per heavy atom. The number of carbonyl (C=O) groups excluding carboxylic acids is 1. The Balaban J connectivity index is 1.90. The van der Waals surface area contributed by atoms with Gasteiger partial charge in [-0.05, 0) is 13.3 Å². The molecule has 1 saturated heterocycles. The van der Waals surface area contributed by atoms with Crippen LogP contribution >= 0.6 is 0 Å². The molecule has 8 nitrogen and oxygen atoms in total. The summed E-state index contributed by atoms with van der Waals surface area (Å²) in [6, 6.07) is -0.615. The highest BCUT2D eigenvalue weighted by Gasteiger charge is 2.38. The van der Waals surface area contributed by atoms with E-state index in [1.165, 1.54) is 9.37 Å². The fourth-order valence-corrected chi connectivity index (χ4v) is 3.70. The number of amides is 1. The van der Waals surface area contributed by atoms with Crippen LogP contribution in [0.5, 0.6) is 0 Å². The lowest BCUT2D eigenvalue weighted by molar-refractivity contribution is -0.173. The molecule has 0 radical (unpaired) electrons. The maximum absolute atomic E-state index is 12.6. The number of sulfonamides is 1. The van der Waals surface area contributed by atoms with Gasteiger partial charge in [-0.3, -0.25) is 9.63 Å². The second kappa shape index (κ2) is 5.39. The summed E-state index contributed by atoms with van der Waals surface area (Å²) in [5.74, 6) is -0.204. The number of aromatic nitrogens is 2. The number of imidazole rings is 1. The number of hydrogen-bond acceptors (Lipinski definition) is 5. The van der Waals surface area contributed by atoms with Crippen molar-refractivity contribution in [3.8, 4) is 0 Å². The quantitative estimate of drug-likeness (QED) is 0.768. The highest BCUT2D eigenvalue weighted by Crippen LogP contribution is 2.26. The highest BCUT2D eigenvalue weighted by atomic mass is 32.2. The fraction of sp³-hybridized carbons (Fsp3) is 0.667. The molecule has 3 heterocycles. The third kappa shape index (κ3) is 2.56. The van der Waals surface area contributed by atoms with Crippen molar-refractivity contribution in [2.24, 2.45) is 0 Å². The standard InChI is InChI=1S/C12H18N4O4S/c1-2-21(18,19)14-7-10-6-13-9-15(10)11(8-14)12(17)16-4-3-5-20-16/h6,9,11H,2-5,7-8H2,1H3. The molecule has 0 bridgehead atoms. The summed E-state index contributed by atoms with van der Waals surface area (Å²) in [7, 11) is -3.35. The minimum absolute atomic E-state index is 0.0161. The molecule has 0 saturated carbocycles. The molecular formula is C12H18N4O4S. The second-order valence-electron chi connectivity index (χ2n) is 5.13. The third-order valence-electron chi connectivity index (χ3n) is 3.84. The van der Waals surface area contributed by atoms with E-state index in [-0.39, 0.29) is 24.7 Å². The van der Waals surface area contributed by atoms with Gasteiger partial charge in [0.15, 0.2) is 0 Å². The Morgan fingerprint density at radius 1 is 1.52 bits per heavy atom. The summed E-state index contributed by atoms with van der Waals surface area (Å²) < 4.78 is 27.3. The Bertz CT molecular complexity index is 635. The number of hydroxylamine groups is 2. The van der Waals surface area contributed by atoms with Gasteiger partial charge >= 0.3 is 0 Å². The molecule has 0 aromatic carbocycles. The van der Waals surface area contributed by atoms with E-state index < -0.39 is 16.1 Å². The zero-order valence-corrected chi connectivity index (χ0v) is 12.6. The molecule has 0 aliphatic carbocycles. The van der Waals surface area contributed by atoms with Crippen molar-refractivity contribution in [3.05, 3.63) is 18.2 Å². The summed E-state index contributed by atoms with van der Waals surface area (Å²) in [6.45, 7) is 3.03. The first-order valence-electron chi connectivity index (χ1n) is 6.95. The minimum Gasteiger partial charge on any atom is -0.319 e. The number of carbonyl (C=O) groups is 1. The van der Waals surface area contributed by atoms with Crippen molar-refractivity contribution < 1.29 is 18.0 Å². The fourth-order valence-electron chi connectivity index (χ4n) is 2.64. The van der Waals surface area contributed by atoms with Gasteiger partial charge in [0.2, 0.25) is 10.0 Å². The zero-order chi connectivity index (χ0) is 15.0. The largest absolute Gasteiger partial charge is 0.319 e. The van der Waals surface area contributed by atoms with Crippen LogP contribution in [0, 0.1) is 0 Å². The summed E-state index contributed by atoms with van der Waals surface area (Å²) in [4.78, 5) is 21.9. The van der Waals surface area contributed by atoms with Gasteiger partial charge in [-0.25, -0.2) is 18.5 Å². The van der Waals surface area contributed by atoms with Crippen molar-refractivity contribution in [1.82, 2.24) is 18.9 Å². The molecule has 9 heteroatoms. The van der Waals surface area contributed by atoms with Crippen molar-refractivity contribution in [2.75, 3.05) is 25.4 Å². The average Bonchev–Trinajstić information content (AvgIpc) is 3.16. The van der Waals surface area contributed by atoms with Crippen LogP contribution in [0.1, 0.15) is 25.1 Å². The predicted octanol–water partition coefficient (Wildman–Crippen LogP) is -0.247. The lowest BCUT2D eigenvalue weighted by Crippen LogP contribution is -2.47. The maximum atomic E-state index is 12.6. The smallest absolute Gasteiger partial charge is 0.270 e. The molecule has 2 aliphatic rings. The molecule has 1 aromatic rings. The van der Waals surface area contributed by atoms with E-state index >= 15 is 0 Å². The molecule has 116 valence electrons. The molecule has 0 N–H and O–H groups in total. The Kier molecular flexibility index (Phi) is 3.72. The first-order chi connectivity index (χ1) is 10.0.